The van der Waals surface area contributed by atoms with Crippen LogP contribution in [0.25, 0.3) is 0 Å². The van der Waals surface area contributed by atoms with Crippen LogP contribution in [-0.4, -0.2) is 37.1 Å². The van der Waals surface area contributed by atoms with Gasteiger partial charge < -0.3 is 9.80 Å². The molecule has 2 heterocycles. The molecule has 0 bridgehead atoms. The van der Waals surface area contributed by atoms with Crippen molar-refractivity contribution in [1.82, 2.24) is 4.90 Å². The van der Waals surface area contributed by atoms with Gasteiger partial charge in [-0.25, -0.2) is 4.39 Å². The number of likely N-dealkylation sites (tertiary alicyclic amines) is 1. The van der Waals surface area contributed by atoms with Gasteiger partial charge in [0.05, 0.1) is 12.5 Å². The highest BCUT2D eigenvalue weighted by Gasteiger charge is 2.29. The first-order chi connectivity index (χ1) is 13.2. The summed E-state index contributed by atoms with van der Waals surface area (Å²) in [6.07, 6.45) is 4.96. The molecule has 140 valence electrons. The van der Waals surface area contributed by atoms with Gasteiger partial charge in [-0.05, 0) is 60.6 Å². The quantitative estimate of drug-likeness (QED) is 0.805. The van der Waals surface area contributed by atoms with Crippen LogP contribution in [0.15, 0.2) is 42.5 Å². The zero-order valence-electron chi connectivity index (χ0n) is 15.7. The number of rotatable bonds is 5. The van der Waals surface area contributed by atoms with E-state index < -0.39 is 0 Å². The van der Waals surface area contributed by atoms with Crippen LogP contribution in [0.4, 0.5) is 10.1 Å². The van der Waals surface area contributed by atoms with E-state index in [2.05, 4.69) is 34.1 Å². The van der Waals surface area contributed by atoms with Crippen molar-refractivity contribution < 1.29 is 4.39 Å². The zero-order valence-corrected chi connectivity index (χ0v) is 15.7. The standard InChI is InChI=1S/C23H26FN3/c24-21-5-2-18(3-6-21)8-13-26-14-10-22(11-15-26)27-16-9-20-4-1-19(7-12-25)17-23(20)27/h1-6,17,22H,7-11,13-16H2. The fourth-order valence-corrected chi connectivity index (χ4v) is 4.42. The molecule has 3 nitrogen and oxygen atoms in total. The Morgan fingerprint density at radius 1 is 1.00 bits per heavy atom. The summed E-state index contributed by atoms with van der Waals surface area (Å²) >= 11 is 0. The molecule has 1 fully saturated rings. The van der Waals surface area contributed by atoms with Crippen molar-refractivity contribution in [3.05, 3.63) is 65.0 Å². The highest BCUT2D eigenvalue weighted by molar-refractivity contribution is 5.60. The van der Waals surface area contributed by atoms with Gasteiger partial charge in [0.1, 0.15) is 5.82 Å². The number of fused-ring (bicyclic) bond motifs is 1. The number of hydrogen-bond donors (Lipinski definition) is 0. The van der Waals surface area contributed by atoms with E-state index >= 15 is 0 Å². The van der Waals surface area contributed by atoms with Crippen molar-refractivity contribution in [2.45, 2.75) is 38.1 Å². The SMILES string of the molecule is N#CCc1ccc2c(c1)N(C1CCN(CCc3ccc(F)cc3)CC1)CC2. The van der Waals surface area contributed by atoms with E-state index in [0.717, 1.165) is 44.6 Å². The minimum absolute atomic E-state index is 0.164. The van der Waals surface area contributed by atoms with Gasteiger partial charge in [-0.15, -0.1) is 0 Å². The van der Waals surface area contributed by atoms with Gasteiger partial charge >= 0.3 is 0 Å². The molecule has 0 aliphatic carbocycles. The zero-order chi connectivity index (χ0) is 18.6. The number of nitriles is 1. The molecule has 0 aromatic heterocycles. The molecule has 0 amide bonds. The Balaban J connectivity index is 1.32. The Morgan fingerprint density at radius 3 is 2.48 bits per heavy atom. The summed E-state index contributed by atoms with van der Waals surface area (Å²) < 4.78 is 13.0. The molecule has 1 saturated heterocycles. The predicted molar refractivity (Wildman–Crippen MR) is 106 cm³/mol. The molecule has 4 heteroatoms. The van der Waals surface area contributed by atoms with Crippen LogP contribution in [0.5, 0.6) is 0 Å². The molecular weight excluding hydrogens is 337 g/mol. The summed E-state index contributed by atoms with van der Waals surface area (Å²) in [6, 6.07) is 16.3. The maximum Gasteiger partial charge on any atom is 0.123 e. The summed E-state index contributed by atoms with van der Waals surface area (Å²) in [7, 11) is 0. The topological polar surface area (TPSA) is 30.3 Å². The van der Waals surface area contributed by atoms with Gasteiger partial charge in [-0.1, -0.05) is 24.3 Å². The molecule has 27 heavy (non-hydrogen) atoms. The molecule has 0 N–H and O–H groups in total. The molecule has 0 saturated carbocycles. The third-order valence-electron chi connectivity index (χ3n) is 5.99. The van der Waals surface area contributed by atoms with E-state index in [1.165, 1.54) is 29.7 Å². The molecule has 0 unspecified atom stereocenters. The first-order valence-corrected chi connectivity index (χ1v) is 9.95. The second-order valence-corrected chi connectivity index (χ2v) is 7.69. The Morgan fingerprint density at radius 2 is 1.74 bits per heavy atom. The number of piperidine rings is 1. The maximum absolute atomic E-state index is 13.0. The summed E-state index contributed by atoms with van der Waals surface area (Å²) in [5.41, 5.74) is 5.11. The summed E-state index contributed by atoms with van der Waals surface area (Å²) in [5, 5.41) is 8.97. The highest BCUT2D eigenvalue weighted by Crippen LogP contribution is 2.33. The van der Waals surface area contributed by atoms with Crippen LogP contribution >= 0.6 is 0 Å². The molecule has 2 aliphatic heterocycles. The molecular formula is C23H26FN3. The molecule has 2 aliphatic rings. The van der Waals surface area contributed by atoms with Gasteiger partial charge in [-0.3, -0.25) is 0 Å². The highest BCUT2D eigenvalue weighted by atomic mass is 19.1. The number of anilines is 1. The van der Waals surface area contributed by atoms with E-state index in [1.807, 2.05) is 12.1 Å². The van der Waals surface area contributed by atoms with Crippen LogP contribution < -0.4 is 4.90 Å². The Hall–Kier alpha value is -2.38. The normalized spacial score (nSPS) is 17.7. The molecule has 4 rings (SSSR count). The van der Waals surface area contributed by atoms with Gasteiger partial charge in [0.15, 0.2) is 0 Å². The lowest BCUT2D eigenvalue weighted by Gasteiger charge is -2.38. The van der Waals surface area contributed by atoms with Crippen LogP contribution in [0, 0.1) is 17.1 Å². The smallest absolute Gasteiger partial charge is 0.123 e. The van der Waals surface area contributed by atoms with E-state index in [-0.39, 0.29) is 5.82 Å². The molecule has 0 radical (unpaired) electrons. The Bertz CT molecular complexity index is 817. The summed E-state index contributed by atoms with van der Waals surface area (Å²) in [6.45, 7) is 4.39. The number of halogens is 1. The van der Waals surface area contributed by atoms with E-state index in [0.29, 0.717) is 12.5 Å². The van der Waals surface area contributed by atoms with E-state index in [4.69, 9.17) is 5.26 Å². The first kappa shape index (κ1) is 18.0. The van der Waals surface area contributed by atoms with E-state index in [9.17, 15) is 4.39 Å². The summed E-state index contributed by atoms with van der Waals surface area (Å²) in [5.74, 6) is -0.164. The number of benzene rings is 2. The lowest BCUT2D eigenvalue weighted by atomic mass is 10.0. The minimum Gasteiger partial charge on any atom is -0.368 e. The van der Waals surface area contributed by atoms with Gasteiger partial charge in [0.25, 0.3) is 0 Å². The third kappa shape index (κ3) is 4.14. The van der Waals surface area contributed by atoms with Crippen LogP contribution in [0.3, 0.4) is 0 Å². The van der Waals surface area contributed by atoms with Gasteiger partial charge in [0, 0.05) is 37.9 Å². The lowest BCUT2D eigenvalue weighted by Crippen LogP contribution is -2.45. The van der Waals surface area contributed by atoms with Crippen molar-refractivity contribution in [1.29, 1.82) is 5.26 Å². The number of nitrogens with zero attached hydrogens (tertiary/aromatic N) is 3. The van der Waals surface area contributed by atoms with Gasteiger partial charge in [-0.2, -0.15) is 5.26 Å². The Labute approximate surface area is 161 Å². The van der Waals surface area contributed by atoms with Crippen LogP contribution in [0.1, 0.15) is 29.5 Å². The second-order valence-electron chi connectivity index (χ2n) is 7.69. The van der Waals surface area contributed by atoms with Crippen LogP contribution in [-0.2, 0) is 19.3 Å². The number of hydrogen-bond acceptors (Lipinski definition) is 3. The van der Waals surface area contributed by atoms with Gasteiger partial charge in [0.2, 0.25) is 0 Å². The molecule has 2 aromatic carbocycles. The van der Waals surface area contributed by atoms with Crippen molar-refractivity contribution >= 4 is 5.69 Å². The first-order valence-electron chi connectivity index (χ1n) is 9.95. The second kappa shape index (κ2) is 8.10. The van der Waals surface area contributed by atoms with Crippen molar-refractivity contribution in [3.8, 4) is 6.07 Å². The lowest BCUT2D eigenvalue weighted by molar-refractivity contribution is 0.212. The Kier molecular flexibility index (Phi) is 5.40. The van der Waals surface area contributed by atoms with Crippen LogP contribution in [0.2, 0.25) is 0 Å². The third-order valence-corrected chi connectivity index (χ3v) is 5.99. The fourth-order valence-electron chi connectivity index (χ4n) is 4.42. The fraction of sp³-hybridized carbons (Fsp3) is 0.435. The maximum atomic E-state index is 13.0. The molecule has 0 atom stereocenters. The largest absolute Gasteiger partial charge is 0.368 e. The minimum atomic E-state index is -0.164. The monoisotopic (exact) mass is 363 g/mol. The van der Waals surface area contributed by atoms with Crippen molar-refractivity contribution in [2.24, 2.45) is 0 Å². The molecule has 0 spiro atoms. The van der Waals surface area contributed by atoms with E-state index in [1.54, 1.807) is 12.1 Å². The predicted octanol–water partition coefficient (Wildman–Crippen LogP) is 3.96. The van der Waals surface area contributed by atoms with Crippen molar-refractivity contribution in [2.75, 3.05) is 31.1 Å². The average Bonchev–Trinajstić information content (AvgIpc) is 3.11. The molecule has 2 aromatic rings. The summed E-state index contributed by atoms with van der Waals surface area (Å²) in [4.78, 5) is 5.11. The average molecular weight is 363 g/mol. The van der Waals surface area contributed by atoms with Crippen molar-refractivity contribution in [3.63, 3.8) is 0 Å².